The van der Waals surface area contributed by atoms with Crippen LogP contribution in [0.4, 0.5) is 5.69 Å². The third-order valence-electron chi connectivity index (χ3n) is 6.48. The first-order chi connectivity index (χ1) is 13.2. The molecule has 2 bridgehead atoms. The van der Waals surface area contributed by atoms with E-state index >= 15 is 0 Å². The lowest BCUT2D eigenvalue weighted by Crippen LogP contribution is -2.54. The third kappa shape index (κ3) is 3.08. The molecule has 0 aromatic heterocycles. The molecule has 3 atom stereocenters. The highest BCUT2D eigenvalue weighted by Gasteiger charge is 2.48. The molecule has 2 saturated carbocycles. The maximum Gasteiger partial charge on any atom is 0.203 e. The van der Waals surface area contributed by atoms with Crippen LogP contribution in [0.3, 0.4) is 0 Å². The van der Waals surface area contributed by atoms with Crippen molar-refractivity contribution in [3.8, 4) is 17.2 Å². The van der Waals surface area contributed by atoms with Crippen molar-refractivity contribution < 1.29 is 19.4 Å². The highest BCUT2D eigenvalue weighted by atomic mass is 16.5. The second-order valence-electron chi connectivity index (χ2n) is 7.65. The van der Waals surface area contributed by atoms with E-state index in [0.717, 1.165) is 37.6 Å². The van der Waals surface area contributed by atoms with E-state index in [9.17, 15) is 5.21 Å². The molecule has 7 heteroatoms. The monoisotopic (exact) mass is 375 g/mol. The van der Waals surface area contributed by atoms with Crippen LogP contribution in [0.25, 0.3) is 0 Å². The maximum atomic E-state index is 9.50. The summed E-state index contributed by atoms with van der Waals surface area (Å²) in [6.07, 6.45) is 3.64. The van der Waals surface area contributed by atoms with Crippen molar-refractivity contribution in [1.29, 1.82) is 0 Å². The van der Waals surface area contributed by atoms with Crippen LogP contribution in [0.5, 0.6) is 17.2 Å². The average molecular weight is 375 g/mol. The van der Waals surface area contributed by atoms with Crippen LogP contribution in [0.1, 0.15) is 19.3 Å². The molecule has 148 valence electrons. The van der Waals surface area contributed by atoms with Gasteiger partial charge in [0.25, 0.3) is 0 Å². The van der Waals surface area contributed by atoms with Gasteiger partial charge in [-0.3, -0.25) is 4.90 Å². The van der Waals surface area contributed by atoms with Crippen LogP contribution >= 0.6 is 0 Å². The predicted molar refractivity (Wildman–Crippen MR) is 104 cm³/mol. The van der Waals surface area contributed by atoms with Crippen LogP contribution in [0, 0.1) is 11.8 Å². The lowest BCUT2D eigenvalue weighted by molar-refractivity contribution is 0.181. The van der Waals surface area contributed by atoms with Gasteiger partial charge in [-0.25, -0.2) is 0 Å². The minimum atomic E-state index is 0.329. The van der Waals surface area contributed by atoms with E-state index in [-0.39, 0.29) is 0 Å². The molecule has 3 fully saturated rings. The van der Waals surface area contributed by atoms with E-state index < -0.39 is 0 Å². The van der Waals surface area contributed by atoms with E-state index in [4.69, 9.17) is 14.2 Å². The molecule has 4 rings (SSSR count). The first-order valence-corrected chi connectivity index (χ1v) is 9.71. The summed E-state index contributed by atoms with van der Waals surface area (Å²) < 4.78 is 16.4. The average Bonchev–Trinajstić information content (AvgIpc) is 3.34. The number of benzene rings is 1. The molecule has 1 saturated heterocycles. The third-order valence-corrected chi connectivity index (χ3v) is 6.48. The Morgan fingerprint density at radius 3 is 2.19 bits per heavy atom. The Hall–Kier alpha value is -2.15. The first kappa shape index (κ1) is 18.2. The Kier molecular flexibility index (Phi) is 5.04. The Bertz CT molecular complexity index is 690. The predicted octanol–water partition coefficient (Wildman–Crippen LogP) is 2.46. The summed E-state index contributed by atoms with van der Waals surface area (Å²) in [5, 5.41) is 13.2. The van der Waals surface area contributed by atoms with Crippen molar-refractivity contribution in [2.24, 2.45) is 17.0 Å². The largest absolute Gasteiger partial charge is 0.493 e. The Morgan fingerprint density at radius 1 is 0.963 bits per heavy atom. The fraction of sp³-hybridized carbons (Fsp3) is 0.650. The number of hydrogen-bond acceptors (Lipinski definition) is 7. The highest BCUT2D eigenvalue weighted by Crippen LogP contribution is 2.45. The summed E-state index contributed by atoms with van der Waals surface area (Å²) in [6, 6.07) is 4.35. The number of methoxy groups -OCH3 is 3. The zero-order valence-electron chi connectivity index (χ0n) is 16.4. The van der Waals surface area contributed by atoms with Gasteiger partial charge in [-0.15, -0.1) is 0 Å². The molecule has 0 radical (unpaired) electrons. The van der Waals surface area contributed by atoms with Gasteiger partial charge in [0.2, 0.25) is 5.75 Å². The molecule has 3 aliphatic rings. The number of nitrogens with zero attached hydrogens (tertiary/aromatic N) is 3. The SMILES string of the molecule is COc1cc(N2CCN([C@@H]3/C(=N/O)[C@H]4CC[C@@H]3C4)CC2)cc(OC)c1OC. The molecule has 1 N–H and O–H groups in total. The van der Waals surface area contributed by atoms with Crippen LogP contribution in [0.2, 0.25) is 0 Å². The molecular formula is C20H29N3O4. The Balaban J connectivity index is 1.48. The Labute approximate surface area is 160 Å². The quantitative estimate of drug-likeness (QED) is 0.630. The molecule has 2 aliphatic carbocycles. The summed E-state index contributed by atoms with van der Waals surface area (Å²) >= 11 is 0. The zero-order valence-corrected chi connectivity index (χ0v) is 16.4. The van der Waals surface area contributed by atoms with E-state index in [1.807, 2.05) is 12.1 Å². The van der Waals surface area contributed by atoms with E-state index in [2.05, 4.69) is 15.0 Å². The molecule has 1 heterocycles. The van der Waals surface area contributed by atoms with E-state index in [1.165, 1.54) is 19.3 Å². The van der Waals surface area contributed by atoms with Gasteiger partial charge in [-0.05, 0) is 25.2 Å². The van der Waals surface area contributed by atoms with Gasteiger partial charge in [0.05, 0.1) is 33.1 Å². The van der Waals surface area contributed by atoms with Gasteiger partial charge in [0.1, 0.15) is 0 Å². The highest BCUT2D eigenvalue weighted by molar-refractivity contribution is 5.94. The summed E-state index contributed by atoms with van der Waals surface area (Å²) in [6.45, 7) is 3.77. The number of fused-ring (bicyclic) bond motifs is 2. The fourth-order valence-electron chi connectivity index (χ4n) is 5.19. The minimum absolute atomic E-state index is 0.329. The molecule has 1 aromatic rings. The summed E-state index contributed by atoms with van der Waals surface area (Å²) in [4.78, 5) is 4.86. The number of anilines is 1. The molecule has 0 unspecified atom stereocenters. The van der Waals surface area contributed by atoms with Crippen molar-refractivity contribution in [2.75, 3.05) is 52.4 Å². The van der Waals surface area contributed by atoms with E-state index in [0.29, 0.717) is 35.1 Å². The zero-order chi connectivity index (χ0) is 19.0. The number of oxime groups is 1. The van der Waals surface area contributed by atoms with Crippen molar-refractivity contribution in [1.82, 2.24) is 4.90 Å². The molecule has 1 aliphatic heterocycles. The smallest absolute Gasteiger partial charge is 0.203 e. The topological polar surface area (TPSA) is 66.8 Å². The lowest BCUT2D eigenvalue weighted by atomic mass is 9.91. The number of piperazine rings is 1. The van der Waals surface area contributed by atoms with Gasteiger partial charge in [-0.1, -0.05) is 5.16 Å². The molecular weight excluding hydrogens is 346 g/mol. The van der Waals surface area contributed by atoms with Gasteiger partial charge < -0.3 is 24.3 Å². The Morgan fingerprint density at radius 2 is 1.63 bits per heavy atom. The minimum Gasteiger partial charge on any atom is -0.493 e. The molecule has 7 nitrogen and oxygen atoms in total. The summed E-state index contributed by atoms with van der Waals surface area (Å²) in [5.74, 6) is 3.13. The van der Waals surface area contributed by atoms with Crippen molar-refractivity contribution in [3.05, 3.63) is 12.1 Å². The van der Waals surface area contributed by atoms with Crippen LogP contribution < -0.4 is 19.1 Å². The molecule has 27 heavy (non-hydrogen) atoms. The fourth-order valence-corrected chi connectivity index (χ4v) is 5.19. The molecule has 0 amide bonds. The van der Waals surface area contributed by atoms with E-state index in [1.54, 1.807) is 21.3 Å². The second kappa shape index (κ2) is 7.46. The lowest BCUT2D eigenvalue weighted by Gasteiger charge is -2.41. The van der Waals surface area contributed by atoms with Crippen LogP contribution in [-0.4, -0.2) is 69.4 Å². The van der Waals surface area contributed by atoms with Gasteiger partial charge >= 0.3 is 0 Å². The molecule has 0 spiro atoms. The van der Waals surface area contributed by atoms with Gasteiger partial charge in [0.15, 0.2) is 11.5 Å². The van der Waals surface area contributed by atoms with Crippen molar-refractivity contribution >= 4 is 11.4 Å². The number of hydrogen-bond donors (Lipinski definition) is 1. The number of rotatable bonds is 5. The first-order valence-electron chi connectivity index (χ1n) is 9.71. The summed E-state index contributed by atoms with van der Waals surface area (Å²) in [5.41, 5.74) is 2.10. The normalized spacial score (nSPS) is 29.4. The van der Waals surface area contributed by atoms with Crippen LogP contribution in [0.15, 0.2) is 17.3 Å². The van der Waals surface area contributed by atoms with Crippen LogP contribution in [-0.2, 0) is 0 Å². The number of ether oxygens (including phenoxy) is 3. The van der Waals surface area contributed by atoms with Crippen molar-refractivity contribution in [3.63, 3.8) is 0 Å². The summed E-state index contributed by atoms with van der Waals surface area (Å²) in [7, 11) is 4.90. The molecule has 1 aromatic carbocycles. The van der Waals surface area contributed by atoms with Gasteiger partial charge in [0, 0.05) is 49.9 Å². The second-order valence-corrected chi connectivity index (χ2v) is 7.65. The van der Waals surface area contributed by atoms with Crippen molar-refractivity contribution in [2.45, 2.75) is 25.3 Å². The van der Waals surface area contributed by atoms with Gasteiger partial charge in [-0.2, -0.15) is 0 Å². The standard InChI is InChI=1S/C20H29N3O4/c1-25-16-11-15(12-17(26-2)20(16)27-3)22-6-8-23(9-7-22)19-14-5-4-13(10-14)18(19)21-24/h11-14,19,24H,4-10H2,1-3H3/b21-18+/t13-,14+,19-/m0/s1. The maximum absolute atomic E-state index is 9.50.